The van der Waals surface area contributed by atoms with Crippen LogP contribution < -0.4 is 0 Å². The second-order valence-corrected chi connectivity index (χ2v) is 4.23. The van der Waals surface area contributed by atoms with Crippen molar-refractivity contribution in [3.8, 4) is 0 Å². The average Bonchev–Trinajstić information content (AvgIpc) is 2.38. The largest absolute Gasteiger partial charge is 0.386 e. The van der Waals surface area contributed by atoms with Gasteiger partial charge in [0, 0.05) is 0 Å². The number of ether oxygens (including phenoxy) is 2. The molecule has 0 aromatic carbocycles. The molecule has 0 aromatic heterocycles. The number of hydrogen-bond donors (Lipinski definition) is 1. The van der Waals surface area contributed by atoms with E-state index in [0.29, 0.717) is 5.57 Å². The smallest absolute Gasteiger partial charge is 0.189 e. The van der Waals surface area contributed by atoms with Crippen LogP contribution in [0.1, 0.15) is 20.8 Å². The van der Waals surface area contributed by atoms with Crippen LogP contribution in [0.3, 0.4) is 0 Å². The number of rotatable bonds is 0. The zero-order valence-corrected chi connectivity index (χ0v) is 8.48. The predicted molar refractivity (Wildman–Crippen MR) is 48.6 cm³/mol. The van der Waals surface area contributed by atoms with Gasteiger partial charge in [0.25, 0.3) is 0 Å². The molecule has 0 bridgehead atoms. The number of Topliss-reactive ketones (excluding diaryl/α,β-unsaturated/α-hetero) is 1. The van der Waals surface area contributed by atoms with Crippen LogP contribution in [0.25, 0.3) is 0 Å². The van der Waals surface area contributed by atoms with Crippen molar-refractivity contribution in [2.24, 2.45) is 0 Å². The van der Waals surface area contributed by atoms with E-state index in [4.69, 9.17) is 9.47 Å². The van der Waals surface area contributed by atoms with Gasteiger partial charge in [-0.05, 0) is 32.4 Å². The van der Waals surface area contributed by atoms with Crippen LogP contribution in [-0.2, 0) is 14.3 Å². The lowest BCUT2D eigenvalue weighted by Gasteiger charge is -2.24. The van der Waals surface area contributed by atoms with E-state index in [-0.39, 0.29) is 5.78 Å². The highest BCUT2D eigenvalue weighted by Gasteiger charge is 2.50. The van der Waals surface area contributed by atoms with E-state index in [1.807, 2.05) is 0 Å². The Morgan fingerprint density at radius 1 is 1.43 bits per heavy atom. The van der Waals surface area contributed by atoms with Crippen LogP contribution >= 0.6 is 0 Å². The van der Waals surface area contributed by atoms with Crippen molar-refractivity contribution in [1.29, 1.82) is 0 Å². The molecule has 1 heterocycles. The van der Waals surface area contributed by atoms with Crippen LogP contribution in [0.2, 0.25) is 0 Å². The Labute approximate surface area is 82.5 Å². The number of aliphatic hydroxyl groups excluding tert-OH is 1. The molecule has 1 N–H and O–H groups in total. The van der Waals surface area contributed by atoms with Gasteiger partial charge < -0.3 is 14.6 Å². The zero-order valence-electron chi connectivity index (χ0n) is 8.48. The highest BCUT2D eigenvalue weighted by molar-refractivity contribution is 6.00. The highest BCUT2D eigenvalue weighted by atomic mass is 16.8. The first-order valence-corrected chi connectivity index (χ1v) is 4.67. The van der Waals surface area contributed by atoms with Crippen LogP contribution in [0.4, 0.5) is 0 Å². The van der Waals surface area contributed by atoms with Crippen molar-refractivity contribution in [1.82, 2.24) is 0 Å². The molecule has 2 rings (SSSR count). The van der Waals surface area contributed by atoms with Crippen LogP contribution in [-0.4, -0.2) is 35.0 Å². The molecule has 0 amide bonds. The first-order valence-electron chi connectivity index (χ1n) is 4.67. The molecule has 0 unspecified atom stereocenters. The van der Waals surface area contributed by atoms with Crippen LogP contribution in [0.15, 0.2) is 11.6 Å². The molecule has 0 spiro atoms. The predicted octanol–water partition coefficient (Wildman–Crippen LogP) is 0.396. The Bertz CT molecular complexity index is 305. The molecular weight excluding hydrogens is 184 g/mol. The Balaban J connectivity index is 2.31. The summed E-state index contributed by atoms with van der Waals surface area (Å²) in [5.74, 6) is -0.879. The van der Waals surface area contributed by atoms with Gasteiger partial charge in [-0.3, -0.25) is 4.79 Å². The molecular formula is C10H14O4. The van der Waals surface area contributed by atoms with E-state index in [9.17, 15) is 9.90 Å². The summed E-state index contributed by atoms with van der Waals surface area (Å²) >= 11 is 0. The third-order valence-electron chi connectivity index (χ3n) is 2.53. The fourth-order valence-electron chi connectivity index (χ4n) is 1.90. The molecule has 1 saturated heterocycles. The van der Waals surface area contributed by atoms with Crippen LogP contribution in [0, 0.1) is 0 Å². The van der Waals surface area contributed by atoms with E-state index in [2.05, 4.69) is 0 Å². The van der Waals surface area contributed by atoms with Crippen molar-refractivity contribution < 1.29 is 19.4 Å². The third-order valence-corrected chi connectivity index (χ3v) is 2.53. The Hall–Kier alpha value is -0.710. The van der Waals surface area contributed by atoms with E-state index in [1.54, 1.807) is 20.8 Å². The number of ketones is 1. The number of carbonyl (C=O) groups is 1. The van der Waals surface area contributed by atoms with E-state index in [1.165, 1.54) is 6.08 Å². The summed E-state index contributed by atoms with van der Waals surface area (Å²) in [6.07, 6.45) is -0.431. The third kappa shape index (κ3) is 1.39. The Kier molecular flexibility index (Phi) is 2.03. The average molecular weight is 198 g/mol. The van der Waals surface area contributed by atoms with Crippen molar-refractivity contribution in [2.75, 3.05) is 0 Å². The standard InChI is InChI=1S/C10H14O4/c1-5-4-6(11)8-9(7(5)12)14-10(2,3)13-8/h4,6,8-9,11H,1-3H3/t6-,8+,9+/m1/s1. The summed E-state index contributed by atoms with van der Waals surface area (Å²) in [6, 6.07) is 0. The van der Waals surface area contributed by atoms with Crippen molar-refractivity contribution in [3.05, 3.63) is 11.6 Å². The summed E-state index contributed by atoms with van der Waals surface area (Å²) < 4.78 is 10.9. The molecule has 0 saturated carbocycles. The summed E-state index contributed by atoms with van der Waals surface area (Å²) in [7, 11) is 0. The van der Waals surface area contributed by atoms with Gasteiger partial charge >= 0.3 is 0 Å². The second-order valence-electron chi connectivity index (χ2n) is 4.23. The van der Waals surface area contributed by atoms with Gasteiger partial charge in [-0.15, -0.1) is 0 Å². The molecule has 2 aliphatic rings. The minimum atomic E-state index is -0.787. The molecule has 0 aromatic rings. The van der Waals surface area contributed by atoms with Gasteiger partial charge in [0.1, 0.15) is 12.2 Å². The molecule has 78 valence electrons. The maximum atomic E-state index is 11.7. The SMILES string of the molecule is CC1=C[C@@H](O)[C@@H]2OC(C)(C)O[C@H]2C1=O. The fraction of sp³-hybridized carbons (Fsp3) is 0.700. The summed E-state index contributed by atoms with van der Waals surface area (Å²) in [6.45, 7) is 5.15. The lowest BCUT2D eigenvalue weighted by molar-refractivity contribution is -0.155. The first kappa shape index (κ1) is 9.83. The fourth-order valence-corrected chi connectivity index (χ4v) is 1.90. The van der Waals surface area contributed by atoms with E-state index >= 15 is 0 Å². The summed E-state index contributed by atoms with van der Waals surface area (Å²) in [5, 5.41) is 9.67. The molecule has 4 nitrogen and oxygen atoms in total. The van der Waals surface area contributed by atoms with Crippen LogP contribution in [0.5, 0.6) is 0 Å². The van der Waals surface area contributed by atoms with E-state index in [0.717, 1.165) is 0 Å². The van der Waals surface area contributed by atoms with E-state index < -0.39 is 24.1 Å². The van der Waals surface area contributed by atoms with Crippen molar-refractivity contribution in [2.45, 2.75) is 44.9 Å². The zero-order chi connectivity index (χ0) is 10.5. The molecule has 0 radical (unpaired) electrons. The number of fused-ring (bicyclic) bond motifs is 1. The summed E-state index contributed by atoms with van der Waals surface area (Å²) in [5.41, 5.74) is 0.542. The maximum Gasteiger partial charge on any atom is 0.189 e. The van der Waals surface area contributed by atoms with Gasteiger partial charge in [0.05, 0.1) is 0 Å². The Morgan fingerprint density at radius 2 is 2.07 bits per heavy atom. The second kappa shape index (κ2) is 2.89. The monoisotopic (exact) mass is 198 g/mol. The number of aliphatic hydroxyl groups is 1. The molecule has 1 fully saturated rings. The van der Waals surface area contributed by atoms with Crippen molar-refractivity contribution >= 4 is 5.78 Å². The molecule has 4 heteroatoms. The van der Waals surface area contributed by atoms with Crippen molar-refractivity contribution in [3.63, 3.8) is 0 Å². The lowest BCUT2D eigenvalue weighted by atomic mass is 9.92. The van der Waals surface area contributed by atoms with Gasteiger partial charge in [0.2, 0.25) is 0 Å². The maximum absolute atomic E-state index is 11.7. The van der Waals surface area contributed by atoms with Gasteiger partial charge in [-0.2, -0.15) is 0 Å². The number of carbonyl (C=O) groups excluding carboxylic acids is 1. The van der Waals surface area contributed by atoms with Gasteiger partial charge in [-0.25, -0.2) is 0 Å². The molecule has 14 heavy (non-hydrogen) atoms. The van der Waals surface area contributed by atoms with Gasteiger partial charge in [-0.1, -0.05) is 0 Å². The minimum absolute atomic E-state index is 0.0918. The molecule has 1 aliphatic heterocycles. The first-order chi connectivity index (χ1) is 6.41. The topological polar surface area (TPSA) is 55.8 Å². The Morgan fingerprint density at radius 3 is 2.71 bits per heavy atom. The number of hydrogen-bond acceptors (Lipinski definition) is 4. The quantitative estimate of drug-likeness (QED) is 0.612. The molecule has 1 aliphatic carbocycles. The highest BCUT2D eigenvalue weighted by Crippen LogP contribution is 2.34. The normalized spacial score (nSPS) is 40.7. The minimum Gasteiger partial charge on any atom is -0.386 e. The molecule has 3 atom stereocenters. The summed E-state index contributed by atoms with van der Waals surface area (Å²) in [4.78, 5) is 11.7. The van der Waals surface area contributed by atoms with Gasteiger partial charge in [0.15, 0.2) is 17.7 Å². The lowest BCUT2D eigenvalue weighted by Crippen LogP contribution is -2.43.